The molecule has 0 heterocycles. The highest BCUT2D eigenvalue weighted by Crippen LogP contribution is 2.13. The molecule has 0 radical (unpaired) electrons. The highest BCUT2D eigenvalue weighted by molar-refractivity contribution is 5.70. The Labute approximate surface area is 431 Å². The van der Waals surface area contributed by atoms with E-state index in [1.165, 1.54) is 83.5 Å². The normalized spacial score (nSPS) is 13.4. The van der Waals surface area contributed by atoms with Crippen molar-refractivity contribution in [1.82, 2.24) is 0 Å². The van der Waals surface area contributed by atoms with Crippen molar-refractivity contribution in [2.45, 2.75) is 238 Å². The summed E-state index contributed by atoms with van der Waals surface area (Å²) in [6.07, 6.45) is 89.6. The van der Waals surface area contributed by atoms with Crippen LogP contribution in [0.3, 0.4) is 0 Å². The Morgan fingerprint density at radius 2 is 0.614 bits per heavy atom. The third kappa shape index (κ3) is 56.4. The molecule has 0 bridgehead atoms. The van der Waals surface area contributed by atoms with Crippen molar-refractivity contribution < 1.29 is 24.2 Å². The minimum atomic E-state index is -0.791. The van der Waals surface area contributed by atoms with Gasteiger partial charge in [-0.1, -0.05) is 243 Å². The van der Waals surface area contributed by atoms with Gasteiger partial charge in [-0.2, -0.15) is 0 Å². The Morgan fingerprint density at radius 3 is 0.943 bits per heavy atom. The van der Waals surface area contributed by atoms with Crippen LogP contribution >= 0.6 is 0 Å². The lowest BCUT2D eigenvalue weighted by atomic mass is 10.1. The molecular formula is C65H104O5. The van der Waals surface area contributed by atoms with Crippen LogP contribution in [-0.4, -0.2) is 36.4 Å². The number of hydrogen-bond donors (Lipinski definition) is 1. The van der Waals surface area contributed by atoms with Crippen LogP contribution in [0.4, 0.5) is 0 Å². The zero-order chi connectivity index (χ0) is 50.6. The molecule has 0 aromatic heterocycles. The summed E-state index contributed by atoms with van der Waals surface area (Å²) in [7, 11) is 0. The van der Waals surface area contributed by atoms with Crippen molar-refractivity contribution in [2.24, 2.45) is 0 Å². The quantitative estimate of drug-likeness (QED) is 0.0374. The Morgan fingerprint density at radius 1 is 0.343 bits per heavy atom. The van der Waals surface area contributed by atoms with Crippen LogP contribution in [0.5, 0.6) is 0 Å². The number of ether oxygens (including phenoxy) is 2. The van der Waals surface area contributed by atoms with E-state index in [2.05, 4.69) is 160 Å². The highest BCUT2D eigenvalue weighted by atomic mass is 16.6. The average molecular weight is 966 g/mol. The second-order valence-corrected chi connectivity index (χ2v) is 18.3. The number of aliphatic hydroxyl groups is 1. The minimum Gasteiger partial charge on any atom is -0.462 e. The molecule has 1 atom stereocenters. The lowest BCUT2D eigenvalue weighted by Gasteiger charge is -2.15. The fraction of sp³-hybridized carbons (Fsp3) is 0.600. The van der Waals surface area contributed by atoms with Gasteiger partial charge < -0.3 is 14.6 Å². The van der Waals surface area contributed by atoms with E-state index in [4.69, 9.17) is 9.47 Å². The Hall–Kier alpha value is -4.22. The summed E-state index contributed by atoms with van der Waals surface area (Å²) in [6.45, 7) is 4.00. The summed E-state index contributed by atoms with van der Waals surface area (Å²) >= 11 is 0. The predicted molar refractivity (Wildman–Crippen MR) is 306 cm³/mol. The zero-order valence-corrected chi connectivity index (χ0v) is 45.0. The molecule has 0 fully saturated rings. The third-order valence-corrected chi connectivity index (χ3v) is 11.6. The molecule has 70 heavy (non-hydrogen) atoms. The Balaban J connectivity index is 3.64. The lowest BCUT2D eigenvalue weighted by Crippen LogP contribution is -2.28. The molecule has 1 unspecified atom stereocenters. The number of unbranched alkanes of at least 4 members (excludes halogenated alkanes) is 18. The van der Waals surface area contributed by atoms with Crippen molar-refractivity contribution in [3.05, 3.63) is 146 Å². The summed E-state index contributed by atoms with van der Waals surface area (Å²) in [6, 6.07) is 0. The molecule has 0 saturated carbocycles. The molecule has 0 aliphatic heterocycles. The number of aliphatic hydroxyl groups excluding tert-OH is 1. The molecule has 0 aromatic carbocycles. The highest BCUT2D eigenvalue weighted by Gasteiger charge is 2.16. The van der Waals surface area contributed by atoms with Crippen LogP contribution in [0.2, 0.25) is 0 Å². The smallest absolute Gasteiger partial charge is 0.306 e. The SMILES string of the molecule is CC/C=C\C/C=C\C/C=C\C/C=C\C/C=C\C/C=C\C/C=C\C/C=C\C/C=C\C/C=C\C/C=C\CCCCCCCCCC(=O)OC(CO)COC(=O)CCCCCCC/C=C\CCCCCCCC. The van der Waals surface area contributed by atoms with Gasteiger partial charge in [-0.05, 0) is 122 Å². The summed E-state index contributed by atoms with van der Waals surface area (Å²) in [5, 5.41) is 9.63. The Bertz CT molecular complexity index is 1510. The van der Waals surface area contributed by atoms with E-state index in [1.807, 2.05) is 0 Å². The topological polar surface area (TPSA) is 72.8 Å². The number of esters is 2. The minimum absolute atomic E-state index is 0.0819. The van der Waals surface area contributed by atoms with E-state index in [1.54, 1.807) is 0 Å². The summed E-state index contributed by atoms with van der Waals surface area (Å²) < 4.78 is 10.7. The first-order valence-corrected chi connectivity index (χ1v) is 28.4. The molecule has 0 aromatic rings. The predicted octanol–water partition coefficient (Wildman–Crippen LogP) is 19.4. The molecular weight excluding hydrogens is 861 g/mol. The van der Waals surface area contributed by atoms with Crippen LogP contribution < -0.4 is 0 Å². The summed E-state index contributed by atoms with van der Waals surface area (Å²) in [5.74, 6) is -0.621. The maximum atomic E-state index is 12.3. The summed E-state index contributed by atoms with van der Waals surface area (Å²) in [4.78, 5) is 24.4. The number of carbonyl (C=O) groups is 2. The second-order valence-electron chi connectivity index (χ2n) is 18.3. The molecule has 5 heteroatoms. The van der Waals surface area contributed by atoms with Crippen LogP contribution in [0.25, 0.3) is 0 Å². The van der Waals surface area contributed by atoms with Gasteiger partial charge in [-0.3, -0.25) is 9.59 Å². The first kappa shape index (κ1) is 65.8. The number of allylic oxidation sites excluding steroid dienone is 24. The van der Waals surface area contributed by atoms with Gasteiger partial charge in [0.1, 0.15) is 6.61 Å². The van der Waals surface area contributed by atoms with Gasteiger partial charge >= 0.3 is 11.9 Å². The van der Waals surface area contributed by atoms with Crippen LogP contribution in [0.1, 0.15) is 232 Å². The van der Waals surface area contributed by atoms with Gasteiger partial charge in [0.2, 0.25) is 0 Å². The van der Waals surface area contributed by atoms with Gasteiger partial charge in [0.15, 0.2) is 6.10 Å². The molecule has 1 N–H and O–H groups in total. The number of hydrogen-bond acceptors (Lipinski definition) is 5. The molecule has 0 spiro atoms. The van der Waals surface area contributed by atoms with E-state index >= 15 is 0 Å². The van der Waals surface area contributed by atoms with Gasteiger partial charge in [0, 0.05) is 12.8 Å². The monoisotopic (exact) mass is 965 g/mol. The summed E-state index contributed by atoms with van der Waals surface area (Å²) in [5.41, 5.74) is 0. The van der Waals surface area contributed by atoms with Gasteiger partial charge in [-0.25, -0.2) is 0 Å². The third-order valence-electron chi connectivity index (χ3n) is 11.6. The van der Waals surface area contributed by atoms with Crippen LogP contribution in [0, 0.1) is 0 Å². The first-order valence-electron chi connectivity index (χ1n) is 28.4. The molecule has 5 nitrogen and oxygen atoms in total. The van der Waals surface area contributed by atoms with Crippen molar-refractivity contribution in [1.29, 1.82) is 0 Å². The Kier molecular flexibility index (Phi) is 55.5. The fourth-order valence-electron chi connectivity index (χ4n) is 7.38. The van der Waals surface area contributed by atoms with E-state index in [-0.39, 0.29) is 25.2 Å². The van der Waals surface area contributed by atoms with E-state index in [0.29, 0.717) is 12.8 Å². The van der Waals surface area contributed by atoms with E-state index < -0.39 is 6.10 Å². The average Bonchev–Trinajstić information content (AvgIpc) is 3.36. The van der Waals surface area contributed by atoms with Crippen molar-refractivity contribution in [2.75, 3.05) is 13.2 Å². The largest absolute Gasteiger partial charge is 0.462 e. The maximum Gasteiger partial charge on any atom is 0.306 e. The molecule has 0 saturated heterocycles. The second kappa shape index (κ2) is 59.1. The first-order chi connectivity index (χ1) is 34.6. The van der Waals surface area contributed by atoms with Gasteiger partial charge in [-0.15, -0.1) is 0 Å². The van der Waals surface area contributed by atoms with E-state index in [0.717, 1.165) is 122 Å². The molecule has 0 rings (SSSR count). The lowest BCUT2D eigenvalue weighted by molar-refractivity contribution is -0.161. The van der Waals surface area contributed by atoms with Crippen molar-refractivity contribution in [3.8, 4) is 0 Å². The van der Waals surface area contributed by atoms with Gasteiger partial charge in [0.25, 0.3) is 0 Å². The van der Waals surface area contributed by atoms with Gasteiger partial charge in [0.05, 0.1) is 6.61 Å². The van der Waals surface area contributed by atoms with Crippen LogP contribution in [-0.2, 0) is 19.1 Å². The zero-order valence-electron chi connectivity index (χ0n) is 45.0. The standard InChI is InChI=1S/C65H104O5/c1-3-5-7-9-11-13-15-17-19-20-21-22-23-24-25-26-27-28-29-30-31-32-33-34-35-36-37-38-39-40-41-42-43-44-46-48-50-52-54-56-58-60-65(68)70-63(61-66)62-69-64(67)59-57-55-53-51-49-47-45-18-16-14-12-10-8-6-4-2/h5,7,11,13,17-19,21-22,24-25,27-28,30-31,33-34,36-37,39-40,42-43,45,63,66H,3-4,6,8-10,12,14-16,20,23,26,29,32,35,38,41,44,46-62H2,1-2H3/b7-5-,13-11-,19-17-,22-21-,25-24-,28-27-,31-30-,34-33-,37-36-,40-39-,43-42-,45-18-. The number of rotatable bonds is 50. The molecule has 0 amide bonds. The molecule has 0 aliphatic carbocycles. The van der Waals surface area contributed by atoms with Crippen LogP contribution in [0.15, 0.2) is 146 Å². The molecule has 394 valence electrons. The van der Waals surface area contributed by atoms with Crippen molar-refractivity contribution >= 4 is 11.9 Å². The van der Waals surface area contributed by atoms with Crippen molar-refractivity contribution in [3.63, 3.8) is 0 Å². The van der Waals surface area contributed by atoms with E-state index in [9.17, 15) is 14.7 Å². The fourth-order valence-corrected chi connectivity index (χ4v) is 7.38. The maximum absolute atomic E-state index is 12.3. The number of carbonyl (C=O) groups excluding carboxylic acids is 2. The molecule has 0 aliphatic rings.